The first-order chi connectivity index (χ1) is 17.3. The van der Waals surface area contributed by atoms with E-state index in [0.29, 0.717) is 31.6 Å². The molecule has 2 amide bonds. The van der Waals surface area contributed by atoms with Crippen molar-refractivity contribution in [1.82, 2.24) is 15.5 Å². The van der Waals surface area contributed by atoms with Gasteiger partial charge in [-0.2, -0.15) is 5.26 Å². The molecule has 2 unspecified atom stereocenters. The highest BCUT2D eigenvalue weighted by molar-refractivity contribution is 7.92. The highest BCUT2D eigenvalue weighted by Crippen LogP contribution is 2.29. The minimum absolute atomic E-state index is 0.247. The van der Waals surface area contributed by atoms with Gasteiger partial charge in [-0.05, 0) is 54.6 Å². The molecule has 0 aliphatic carbocycles. The number of sulfonamides is 1. The Morgan fingerprint density at radius 3 is 2.30 bits per heavy atom. The van der Waals surface area contributed by atoms with Crippen molar-refractivity contribution >= 4 is 27.5 Å². The number of carbonyl (C=O) groups is 2. The summed E-state index contributed by atoms with van der Waals surface area (Å²) in [5.74, 6) is -0.767. The average Bonchev–Trinajstić information content (AvgIpc) is 3.31. The van der Waals surface area contributed by atoms with Crippen LogP contribution in [0.15, 0.2) is 54.6 Å². The molecule has 1 aliphatic rings. The van der Waals surface area contributed by atoms with Crippen molar-refractivity contribution in [3.05, 3.63) is 65.7 Å². The Bertz CT molecular complexity index is 1240. The summed E-state index contributed by atoms with van der Waals surface area (Å²) in [4.78, 5) is 28.9. The summed E-state index contributed by atoms with van der Waals surface area (Å²) in [5, 5.41) is 16.3. The van der Waals surface area contributed by atoms with E-state index in [1.165, 1.54) is 24.3 Å². The van der Waals surface area contributed by atoms with Crippen LogP contribution in [0, 0.1) is 16.7 Å². The minimum Gasteiger partial charge on any atom is -0.340 e. The van der Waals surface area contributed by atoms with Crippen molar-refractivity contribution in [2.24, 2.45) is 5.41 Å². The summed E-state index contributed by atoms with van der Waals surface area (Å²) in [6, 6.07) is 17.0. The van der Waals surface area contributed by atoms with Gasteiger partial charge in [0.25, 0.3) is 5.91 Å². The lowest BCUT2D eigenvalue weighted by Gasteiger charge is -2.39. The van der Waals surface area contributed by atoms with Crippen LogP contribution < -0.4 is 15.4 Å². The lowest BCUT2D eigenvalue weighted by Crippen LogP contribution is -2.58. The van der Waals surface area contributed by atoms with E-state index in [1.807, 2.05) is 51.1 Å². The number of rotatable bonds is 9. The first-order valence-electron chi connectivity index (χ1n) is 12.2. The third-order valence-corrected chi connectivity index (χ3v) is 6.78. The van der Waals surface area contributed by atoms with E-state index in [0.717, 1.165) is 11.8 Å². The van der Waals surface area contributed by atoms with E-state index < -0.39 is 27.5 Å². The molecule has 2 aromatic carbocycles. The topological polar surface area (TPSA) is 131 Å². The van der Waals surface area contributed by atoms with Gasteiger partial charge >= 0.3 is 0 Å². The van der Waals surface area contributed by atoms with Gasteiger partial charge in [-0.15, -0.1) is 0 Å². The molecule has 0 radical (unpaired) electrons. The van der Waals surface area contributed by atoms with Crippen LogP contribution in [-0.2, 0) is 21.4 Å². The Morgan fingerprint density at radius 2 is 1.78 bits per heavy atom. The molecule has 2 aromatic rings. The van der Waals surface area contributed by atoms with E-state index in [2.05, 4.69) is 21.4 Å². The molecular weight excluding hydrogens is 490 g/mol. The van der Waals surface area contributed by atoms with Gasteiger partial charge in [0.1, 0.15) is 11.6 Å². The molecule has 198 valence electrons. The van der Waals surface area contributed by atoms with E-state index in [-0.39, 0.29) is 23.4 Å². The van der Waals surface area contributed by atoms with E-state index in [4.69, 9.17) is 0 Å². The number of nitriles is 1. The van der Waals surface area contributed by atoms with Gasteiger partial charge in [0.15, 0.2) is 0 Å². The van der Waals surface area contributed by atoms with Crippen LogP contribution in [-0.4, -0.2) is 56.1 Å². The molecular formula is C27H35N5O4S. The Morgan fingerprint density at radius 1 is 1.14 bits per heavy atom. The minimum atomic E-state index is -3.45. The van der Waals surface area contributed by atoms with Crippen LogP contribution in [0.4, 0.5) is 5.69 Å². The lowest BCUT2D eigenvalue weighted by atomic mass is 9.86. The zero-order chi connectivity index (χ0) is 27.3. The number of amides is 2. The van der Waals surface area contributed by atoms with Crippen LogP contribution in [0.2, 0.25) is 0 Å². The maximum Gasteiger partial charge on any atom is 0.251 e. The number of carbonyl (C=O) groups excluding carboxylic acids is 2. The Balaban J connectivity index is 1.90. The van der Waals surface area contributed by atoms with Gasteiger partial charge in [0.2, 0.25) is 15.9 Å². The van der Waals surface area contributed by atoms with Gasteiger partial charge in [0.05, 0.1) is 12.3 Å². The summed E-state index contributed by atoms with van der Waals surface area (Å²) in [7, 11) is -3.45. The van der Waals surface area contributed by atoms with Gasteiger partial charge < -0.3 is 15.5 Å². The van der Waals surface area contributed by atoms with Gasteiger partial charge in [-0.25, -0.2) is 8.42 Å². The second-order valence-electron chi connectivity index (χ2n) is 10.7. The molecule has 0 spiro atoms. The van der Waals surface area contributed by atoms with E-state index in [1.54, 1.807) is 4.90 Å². The van der Waals surface area contributed by atoms with Crippen LogP contribution in [0.3, 0.4) is 0 Å². The van der Waals surface area contributed by atoms with Crippen molar-refractivity contribution in [3.8, 4) is 6.07 Å². The molecule has 1 heterocycles. The fraction of sp³-hybridized carbons (Fsp3) is 0.444. The number of benzene rings is 2. The maximum absolute atomic E-state index is 14.1. The first-order valence-corrected chi connectivity index (χ1v) is 14.1. The second-order valence-corrected chi connectivity index (χ2v) is 12.5. The molecule has 37 heavy (non-hydrogen) atoms. The van der Waals surface area contributed by atoms with Gasteiger partial charge in [0, 0.05) is 24.3 Å². The van der Waals surface area contributed by atoms with Crippen molar-refractivity contribution in [1.29, 1.82) is 5.26 Å². The predicted octanol–water partition coefficient (Wildman–Crippen LogP) is 2.88. The lowest BCUT2D eigenvalue weighted by molar-refractivity contribution is -0.139. The zero-order valence-electron chi connectivity index (χ0n) is 21.7. The second kappa shape index (κ2) is 11.3. The summed E-state index contributed by atoms with van der Waals surface area (Å²) < 4.78 is 25.3. The fourth-order valence-corrected chi connectivity index (χ4v) is 4.98. The molecule has 9 nitrogen and oxygen atoms in total. The number of anilines is 1. The summed E-state index contributed by atoms with van der Waals surface area (Å²) in [6.45, 7) is 7.19. The summed E-state index contributed by atoms with van der Waals surface area (Å²) in [5.41, 5.74) is 0.209. The van der Waals surface area contributed by atoms with Crippen LogP contribution in [0.25, 0.3) is 0 Å². The molecule has 0 aromatic heterocycles. The molecule has 2 atom stereocenters. The smallest absolute Gasteiger partial charge is 0.251 e. The molecule has 3 N–H and O–H groups in total. The SMILES string of the molecule is CC(C)(C)CC(NC(=O)c1ccc(NS(C)(=O)=O)cc1)C(=O)N(Cc1ccccc1)C1(C#N)CCNC1. The van der Waals surface area contributed by atoms with Crippen molar-refractivity contribution in [2.45, 2.75) is 51.7 Å². The highest BCUT2D eigenvalue weighted by atomic mass is 32.2. The molecule has 1 saturated heterocycles. The Kier molecular flexibility index (Phi) is 8.61. The number of nitrogens with one attached hydrogen (secondary N) is 3. The van der Waals surface area contributed by atoms with Gasteiger partial charge in [-0.3, -0.25) is 14.3 Å². The monoisotopic (exact) mass is 525 g/mol. The van der Waals surface area contributed by atoms with E-state index >= 15 is 0 Å². The third-order valence-electron chi connectivity index (χ3n) is 6.18. The maximum atomic E-state index is 14.1. The Hall–Kier alpha value is -3.42. The fourth-order valence-electron chi connectivity index (χ4n) is 4.42. The summed E-state index contributed by atoms with van der Waals surface area (Å²) in [6.07, 6.45) is 1.91. The van der Waals surface area contributed by atoms with Gasteiger partial charge in [-0.1, -0.05) is 51.1 Å². The zero-order valence-corrected chi connectivity index (χ0v) is 22.6. The Labute approximate surface area is 219 Å². The molecule has 1 fully saturated rings. The number of hydrogen-bond donors (Lipinski definition) is 3. The molecule has 0 saturated carbocycles. The molecule has 0 bridgehead atoms. The molecule has 3 rings (SSSR count). The van der Waals surface area contributed by atoms with Crippen molar-refractivity contribution in [3.63, 3.8) is 0 Å². The number of hydrogen-bond acceptors (Lipinski definition) is 6. The normalized spacial score (nSPS) is 18.5. The predicted molar refractivity (Wildman–Crippen MR) is 143 cm³/mol. The average molecular weight is 526 g/mol. The first kappa shape index (κ1) is 28.2. The van der Waals surface area contributed by atoms with Crippen molar-refractivity contribution < 1.29 is 18.0 Å². The summed E-state index contributed by atoms with van der Waals surface area (Å²) >= 11 is 0. The molecule has 1 aliphatic heterocycles. The van der Waals surface area contributed by atoms with Crippen molar-refractivity contribution in [2.75, 3.05) is 24.1 Å². The molecule has 10 heteroatoms. The number of nitrogens with zero attached hydrogens (tertiary/aromatic N) is 2. The largest absolute Gasteiger partial charge is 0.340 e. The highest BCUT2D eigenvalue weighted by Gasteiger charge is 2.45. The van der Waals surface area contributed by atoms with E-state index in [9.17, 15) is 23.3 Å². The van der Waals surface area contributed by atoms with Crippen LogP contribution in [0.1, 0.15) is 49.5 Å². The third kappa shape index (κ3) is 7.78. The van der Waals surface area contributed by atoms with Crippen LogP contribution in [0.5, 0.6) is 0 Å². The standard InChI is InChI=1S/C27H35N5O4S/c1-26(2,3)16-23(30-24(33)21-10-12-22(13-11-21)31-37(4,35)36)25(34)32(17-20-8-6-5-7-9-20)27(18-28)14-15-29-19-27/h5-13,23,29,31H,14-17,19H2,1-4H3,(H,30,33). The van der Waals surface area contributed by atoms with Crippen LogP contribution >= 0.6 is 0 Å². The quantitative estimate of drug-likeness (QED) is 0.461.